The normalized spacial score (nSPS) is 32.6. The summed E-state index contributed by atoms with van der Waals surface area (Å²) in [5.74, 6) is 1.82. The van der Waals surface area contributed by atoms with E-state index in [0.717, 1.165) is 18.4 Å². The number of nitrogens with one attached hydrogen (secondary N) is 1. The van der Waals surface area contributed by atoms with Gasteiger partial charge in [-0.25, -0.2) is 0 Å². The molecule has 0 bridgehead atoms. The van der Waals surface area contributed by atoms with Gasteiger partial charge in [0.15, 0.2) is 0 Å². The molecule has 2 aliphatic rings. The molecule has 2 nitrogen and oxygen atoms in total. The van der Waals surface area contributed by atoms with Crippen LogP contribution in [-0.4, -0.2) is 25.8 Å². The molecule has 0 heterocycles. The highest BCUT2D eigenvalue weighted by molar-refractivity contribution is 4.86. The summed E-state index contributed by atoms with van der Waals surface area (Å²) in [7, 11) is 2.07. The van der Waals surface area contributed by atoms with Crippen LogP contribution in [0.5, 0.6) is 0 Å². The summed E-state index contributed by atoms with van der Waals surface area (Å²) in [6, 6.07) is 0.613. The number of ether oxygens (including phenoxy) is 1. The van der Waals surface area contributed by atoms with Gasteiger partial charge in [-0.2, -0.15) is 0 Å². The molecule has 2 aliphatic carbocycles. The minimum absolute atomic E-state index is 0.549. The van der Waals surface area contributed by atoms with Gasteiger partial charge in [-0.05, 0) is 44.6 Å². The van der Waals surface area contributed by atoms with Gasteiger partial charge in [0.25, 0.3) is 0 Å². The molecule has 0 aromatic heterocycles. The van der Waals surface area contributed by atoms with E-state index in [0.29, 0.717) is 12.1 Å². The van der Waals surface area contributed by atoms with Crippen LogP contribution in [0.3, 0.4) is 0 Å². The van der Waals surface area contributed by atoms with Gasteiger partial charge in [0.1, 0.15) is 0 Å². The van der Waals surface area contributed by atoms with Crippen molar-refractivity contribution in [2.75, 3.05) is 13.7 Å². The molecule has 0 amide bonds. The fourth-order valence-electron chi connectivity index (χ4n) is 2.96. The molecule has 1 N–H and O–H groups in total. The van der Waals surface area contributed by atoms with Gasteiger partial charge in [0.05, 0.1) is 12.7 Å². The summed E-state index contributed by atoms with van der Waals surface area (Å²) in [5.41, 5.74) is 0. The van der Waals surface area contributed by atoms with E-state index in [9.17, 15) is 0 Å². The van der Waals surface area contributed by atoms with Crippen molar-refractivity contribution in [1.82, 2.24) is 5.32 Å². The first-order valence-corrected chi connectivity index (χ1v) is 7.12. The van der Waals surface area contributed by atoms with Crippen molar-refractivity contribution < 1.29 is 4.74 Å². The molecule has 2 fully saturated rings. The molecule has 0 radical (unpaired) electrons. The zero-order valence-corrected chi connectivity index (χ0v) is 10.9. The Bertz CT molecular complexity index is 203. The molecule has 3 atom stereocenters. The molecule has 16 heavy (non-hydrogen) atoms. The molecule has 0 aromatic carbocycles. The monoisotopic (exact) mass is 225 g/mol. The van der Waals surface area contributed by atoms with Crippen LogP contribution < -0.4 is 5.32 Å². The molecule has 0 aliphatic heterocycles. The fraction of sp³-hybridized carbons (Fsp3) is 1.00. The Hall–Kier alpha value is -0.0800. The van der Waals surface area contributed by atoms with Crippen molar-refractivity contribution in [3.05, 3.63) is 0 Å². The van der Waals surface area contributed by atoms with E-state index >= 15 is 0 Å². The molecule has 0 saturated heterocycles. The third-order valence-corrected chi connectivity index (χ3v) is 4.39. The van der Waals surface area contributed by atoms with Crippen molar-refractivity contribution >= 4 is 0 Å². The predicted octanol–water partition coefficient (Wildman–Crippen LogP) is 2.97. The summed E-state index contributed by atoms with van der Waals surface area (Å²) in [4.78, 5) is 0. The van der Waals surface area contributed by atoms with E-state index in [4.69, 9.17) is 4.74 Å². The summed E-state index contributed by atoms with van der Waals surface area (Å²) < 4.78 is 6.11. The van der Waals surface area contributed by atoms with Crippen molar-refractivity contribution in [3.8, 4) is 0 Å². The standard InChI is InChI=1S/C14H27NO/c1-3-11-5-4-6-13(9-11)16-10-14(15-2)12-7-8-12/h11-15H,3-10H2,1-2H3. The first-order valence-electron chi connectivity index (χ1n) is 7.12. The summed E-state index contributed by atoms with van der Waals surface area (Å²) in [6.45, 7) is 3.25. The minimum Gasteiger partial charge on any atom is -0.377 e. The largest absolute Gasteiger partial charge is 0.377 e. The van der Waals surface area contributed by atoms with Gasteiger partial charge in [-0.3, -0.25) is 0 Å². The Labute approximate surface area is 100 Å². The zero-order chi connectivity index (χ0) is 11.4. The molecule has 2 rings (SSSR count). The Kier molecular flexibility index (Phi) is 4.66. The second-order valence-electron chi connectivity index (χ2n) is 5.63. The second kappa shape index (κ2) is 6.02. The average molecular weight is 225 g/mol. The third-order valence-electron chi connectivity index (χ3n) is 4.39. The lowest BCUT2D eigenvalue weighted by Gasteiger charge is -2.29. The molecule has 2 heteroatoms. The fourth-order valence-corrected chi connectivity index (χ4v) is 2.96. The highest BCUT2D eigenvalue weighted by Gasteiger charge is 2.31. The van der Waals surface area contributed by atoms with Crippen LogP contribution in [0.15, 0.2) is 0 Å². The van der Waals surface area contributed by atoms with Crippen molar-refractivity contribution in [2.24, 2.45) is 11.8 Å². The van der Waals surface area contributed by atoms with Crippen molar-refractivity contribution in [1.29, 1.82) is 0 Å². The van der Waals surface area contributed by atoms with E-state index < -0.39 is 0 Å². The lowest BCUT2D eigenvalue weighted by Crippen LogP contribution is -2.35. The first kappa shape index (κ1) is 12.4. The molecular formula is C14H27NO. The molecule has 0 aromatic rings. The number of rotatable bonds is 6. The van der Waals surface area contributed by atoms with Crippen LogP contribution in [0.25, 0.3) is 0 Å². The van der Waals surface area contributed by atoms with Crippen molar-refractivity contribution in [3.63, 3.8) is 0 Å². The number of likely N-dealkylation sites (N-methyl/N-ethyl adjacent to an activating group) is 1. The zero-order valence-electron chi connectivity index (χ0n) is 10.9. The van der Waals surface area contributed by atoms with Gasteiger partial charge in [-0.15, -0.1) is 0 Å². The first-order chi connectivity index (χ1) is 7.83. The Morgan fingerprint density at radius 1 is 1.25 bits per heavy atom. The topological polar surface area (TPSA) is 21.3 Å². The second-order valence-corrected chi connectivity index (χ2v) is 5.63. The van der Waals surface area contributed by atoms with Crippen LogP contribution in [0.2, 0.25) is 0 Å². The van der Waals surface area contributed by atoms with Crippen molar-refractivity contribution in [2.45, 2.75) is 64.0 Å². The summed E-state index contributed by atoms with van der Waals surface area (Å²) in [5, 5.41) is 3.40. The van der Waals surface area contributed by atoms with E-state index in [2.05, 4.69) is 19.3 Å². The lowest BCUT2D eigenvalue weighted by atomic mass is 9.85. The highest BCUT2D eigenvalue weighted by atomic mass is 16.5. The van der Waals surface area contributed by atoms with Gasteiger partial charge < -0.3 is 10.1 Å². The molecule has 3 unspecified atom stereocenters. The number of hydrogen-bond acceptors (Lipinski definition) is 2. The molecule has 94 valence electrons. The highest BCUT2D eigenvalue weighted by Crippen LogP contribution is 2.33. The smallest absolute Gasteiger partial charge is 0.0625 e. The Balaban J connectivity index is 1.67. The van der Waals surface area contributed by atoms with E-state index in [1.54, 1.807) is 0 Å². The van der Waals surface area contributed by atoms with Crippen LogP contribution >= 0.6 is 0 Å². The molecule has 2 saturated carbocycles. The maximum atomic E-state index is 6.11. The van der Waals surface area contributed by atoms with E-state index in [-0.39, 0.29) is 0 Å². The summed E-state index contributed by atoms with van der Waals surface area (Å²) in [6.07, 6.45) is 10.1. The minimum atomic E-state index is 0.549. The molecular weight excluding hydrogens is 198 g/mol. The van der Waals surface area contributed by atoms with Crippen LogP contribution in [-0.2, 0) is 4.74 Å². The SMILES string of the molecule is CCC1CCCC(OCC(NC)C2CC2)C1. The lowest BCUT2D eigenvalue weighted by molar-refractivity contribution is -0.000181. The molecule has 0 spiro atoms. The maximum absolute atomic E-state index is 6.11. The van der Waals surface area contributed by atoms with Crippen LogP contribution in [0, 0.1) is 11.8 Å². The maximum Gasteiger partial charge on any atom is 0.0625 e. The average Bonchev–Trinajstić information content (AvgIpc) is 3.15. The quantitative estimate of drug-likeness (QED) is 0.750. The Morgan fingerprint density at radius 3 is 2.69 bits per heavy atom. The van der Waals surface area contributed by atoms with E-state index in [1.807, 2.05) is 0 Å². The Morgan fingerprint density at radius 2 is 2.06 bits per heavy atom. The number of hydrogen-bond donors (Lipinski definition) is 1. The van der Waals surface area contributed by atoms with Gasteiger partial charge in [0.2, 0.25) is 0 Å². The third kappa shape index (κ3) is 3.46. The van der Waals surface area contributed by atoms with Crippen LogP contribution in [0.4, 0.5) is 0 Å². The van der Waals surface area contributed by atoms with E-state index in [1.165, 1.54) is 44.9 Å². The van der Waals surface area contributed by atoms with Gasteiger partial charge in [-0.1, -0.05) is 26.2 Å². The van der Waals surface area contributed by atoms with Crippen LogP contribution in [0.1, 0.15) is 51.9 Å². The summed E-state index contributed by atoms with van der Waals surface area (Å²) >= 11 is 0. The predicted molar refractivity (Wildman–Crippen MR) is 67.6 cm³/mol. The van der Waals surface area contributed by atoms with Gasteiger partial charge >= 0.3 is 0 Å². The van der Waals surface area contributed by atoms with Gasteiger partial charge in [0, 0.05) is 6.04 Å².